The van der Waals surface area contributed by atoms with E-state index in [0.29, 0.717) is 10.8 Å². The monoisotopic (exact) mass is 276 g/mol. The fraction of sp³-hybridized carbons (Fsp3) is 0.636. The van der Waals surface area contributed by atoms with Crippen molar-refractivity contribution in [3.05, 3.63) is 17.0 Å². The van der Waals surface area contributed by atoms with E-state index in [0.717, 1.165) is 4.88 Å². The van der Waals surface area contributed by atoms with Crippen molar-refractivity contribution in [2.45, 2.75) is 37.6 Å². The lowest BCUT2D eigenvalue weighted by atomic mass is 10.1. The molecule has 0 fully saturated rings. The molecule has 98 valence electrons. The van der Waals surface area contributed by atoms with Gasteiger partial charge in [-0.3, -0.25) is 0 Å². The van der Waals surface area contributed by atoms with E-state index in [1.165, 1.54) is 11.3 Å². The molecule has 0 aliphatic heterocycles. The molecule has 0 aliphatic carbocycles. The van der Waals surface area contributed by atoms with Crippen molar-refractivity contribution in [2.75, 3.05) is 7.05 Å². The maximum atomic E-state index is 12.0. The molecular formula is C11H20N2O2S2. The summed E-state index contributed by atoms with van der Waals surface area (Å²) in [4.78, 5) is 1.02. The average Bonchev–Trinajstić information content (AvgIpc) is 2.66. The first kappa shape index (κ1) is 14.6. The zero-order valence-electron chi connectivity index (χ0n) is 10.6. The molecule has 1 aromatic rings. The van der Waals surface area contributed by atoms with E-state index >= 15 is 0 Å². The molecule has 1 aromatic heterocycles. The molecule has 0 amide bonds. The summed E-state index contributed by atoms with van der Waals surface area (Å²) in [6, 6.07) is 3.44. The topological polar surface area (TPSA) is 58.2 Å². The standard InChI is InChI=1S/C11H20N2O2S2/c1-8(2)9(3)13-17(14,15)11-6-5-10(16-11)7-12-4/h5-6,8-9,12-13H,7H2,1-4H3. The number of hydrogen-bond donors (Lipinski definition) is 2. The van der Waals surface area contributed by atoms with E-state index in [-0.39, 0.29) is 12.0 Å². The Morgan fingerprint density at radius 1 is 1.29 bits per heavy atom. The Morgan fingerprint density at radius 2 is 1.94 bits per heavy atom. The second-order valence-corrected chi connectivity index (χ2v) is 7.51. The van der Waals surface area contributed by atoms with Crippen LogP contribution < -0.4 is 10.0 Å². The van der Waals surface area contributed by atoms with Gasteiger partial charge in [0.2, 0.25) is 10.0 Å². The lowest BCUT2D eigenvalue weighted by molar-refractivity contribution is 0.477. The Bertz CT molecular complexity index is 452. The molecule has 17 heavy (non-hydrogen) atoms. The van der Waals surface area contributed by atoms with Crippen LogP contribution in [-0.2, 0) is 16.6 Å². The highest BCUT2D eigenvalue weighted by Crippen LogP contribution is 2.22. The Morgan fingerprint density at radius 3 is 2.47 bits per heavy atom. The van der Waals surface area contributed by atoms with Crippen LogP contribution in [0.5, 0.6) is 0 Å². The van der Waals surface area contributed by atoms with E-state index in [4.69, 9.17) is 0 Å². The number of thiophene rings is 1. The molecular weight excluding hydrogens is 256 g/mol. The van der Waals surface area contributed by atoms with Gasteiger partial charge in [-0.15, -0.1) is 11.3 Å². The third-order valence-electron chi connectivity index (χ3n) is 2.59. The molecule has 4 nitrogen and oxygen atoms in total. The summed E-state index contributed by atoms with van der Waals surface area (Å²) in [5.41, 5.74) is 0. The van der Waals surface area contributed by atoms with Crippen molar-refractivity contribution in [3.63, 3.8) is 0 Å². The quantitative estimate of drug-likeness (QED) is 0.833. The van der Waals surface area contributed by atoms with Crippen LogP contribution in [0.1, 0.15) is 25.6 Å². The lowest BCUT2D eigenvalue weighted by Crippen LogP contribution is -2.35. The summed E-state index contributed by atoms with van der Waals surface area (Å²) in [5, 5.41) is 3.00. The third-order valence-corrected chi connectivity index (χ3v) is 5.73. The van der Waals surface area contributed by atoms with Crippen molar-refractivity contribution in [1.82, 2.24) is 10.0 Å². The number of nitrogens with one attached hydrogen (secondary N) is 2. The molecule has 0 aliphatic rings. The zero-order valence-corrected chi connectivity index (χ0v) is 12.3. The van der Waals surface area contributed by atoms with E-state index in [9.17, 15) is 8.42 Å². The molecule has 0 radical (unpaired) electrons. The van der Waals surface area contributed by atoms with Gasteiger partial charge in [-0.1, -0.05) is 13.8 Å². The molecule has 0 aromatic carbocycles. The van der Waals surface area contributed by atoms with Crippen LogP contribution in [0.15, 0.2) is 16.3 Å². The molecule has 1 atom stereocenters. The summed E-state index contributed by atoms with van der Waals surface area (Å²) in [7, 11) is -1.52. The summed E-state index contributed by atoms with van der Waals surface area (Å²) >= 11 is 1.31. The van der Waals surface area contributed by atoms with Gasteiger partial charge in [0.1, 0.15) is 4.21 Å². The fourth-order valence-electron chi connectivity index (χ4n) is 1.21. The molecule has 0 saturated heterocycles. The van der Waals surface area contributed by atoms with Crippen LogP contribution in [0.2, 0.25) is 0 Å². The highest BCUT2D eigenvalue weighted by atomic mass is 32.2. The minimum atomic E-state index is -3.36. The average molecular weight is 276 g/mol. The van der Waals surface area contributed by atoms with Crippen molar-refractivity contribution in [2.24, 2.45) is 5.92 Å². The first-order valence-corrected chi connectivity index (χ1v) is 7.92. The highest BCUT2D eigenvalue weighted by Gasteiger charge is 2.20. The number of sulfonamides is 1. The predicted octanol–water partition coefficient (Wildman–Crippen LogP) is 1.79. The molecule has 1 unspecified atom stereocenters. The SMILES string of the molecule is CNCc1ccc(S(=O)(=O)NC(C)C(C)C)s1. The second-order valence-electron chi connectivity index (χ2n) is 4.41. The smallest absolute Gasteiger partial charge is 0.250 e. The minimum absolute atomic E-state index is 0.0603. The molecule has 1 rings (SSSR count). The van der Waals surface area contributed by atoms with Gasteiger partial charge in [-0.05, 0) is 32.0 Å². The predicted molar refractivity (Wildman–Crippen MR) is 71.7 cm³/mol. The zero-order chi connectivity index (χ0) is 13.1. The van der Waals surface area contributed by atoms with Crippen LogP contribution in [-0.4, -0.2) is 21.5 Å². The first-order valence-electron chi connectivity index (χ1n) is 5.62. The van der Waals surface area contributed by atoms with E-state index in [1.807, 2.05) is 33.9 Å². The van der Waals surface area contributed by atoms with Crippen molar-refractivity contribution in [1.29, 1.82) is 0 Å². The second kappa shape index (κ2) is 5.95. The number of hydrogen-bond acceptors (Lipinski definition) is 4. The van der Waals surface area contributed by atoms with Crippen LogP contribution in [0.25, 0.3) is 0 Å². The summed E-state index contributed by atoms with van der Waals surface area (Å²) < 4.78 is 27.2. The molecule has 0 saturated carbocycles. The molecule has 0 bridgehead atoms. The van der Waals surface area contributed by atoms with Gasteiger partial charge in [0, 0.05) is 17.5 Å². The summed E-state index contributed by atoms with van der Waals surface area (Å²) in [6.45, 7) is 6.56. The maximum absolute atomic E-state index is 12.0. The summed E-state index contributed by atoms with van der Waals surface area (Å²) in [6.07, 6.45) is 0. The van der Waals surface area contributed by atoms with E-state index in [2.05, 4.69) is 10.0 Å². The van der Waals surface area contributed by atoms with Gasteiger partial charge < -0.3 is 5.32 Å². The van der Waals surface area contributed by atoms with Gasteiger partial charge in [0.25, 0.3) is 0 Å². The largest absolute Gasteiger partial charge is 0.315 e. The Kier molecular flexibility index (Phi) is 5.12. The normalized spacial score (nSPS) is 14.2. The van der Waals surface area contributed by atoms with Gasteiger partial charge in [0.15, 0.2) is 0 Å². The molecule has 6 heteroatoms. The van der Waals surface area contributed by atoms with Crippen LogP contribution in [0.3, 0.4) is 0 Å². The highest BCUT2D eigenvalue weighted by molar-refractivity contribution is 7.91. The van der Waals surface area contributed by atoms with E-state index < -0.39 is 10.0 Å². The van der Waals surface area contributed by atoms with E-state index in [1.54, 1.807) is 6.07 Å². The van der Waals surface area contributed by atoms with Gasteiger partial charge in [-0.2, -0.15) is 0 Å². The minimum Gasteiger partial charge on any atom is -0.315 e. The maximum Gasteiger partial charge on any atom is 0.250 e. The Labute approximate surface area is 107 Å². The number of rotatable bonds is 6. The fourth-order valence-corrected chi connectivity index (χ4v) is 3.99. The van der Waals surface area contributed by atoms with Gasteiger partial charge in [0.05, 0.1) is 0 Å². The molecule has 1 heterocycles. The van der Waals surface area contributed by atoms with Crippen molar-refractivity contribution in [3.8, 4) is 0 Å². The van der Waals surface area contributed by atoms with Crippen molar-refractivity contribution < 1.29 is 8.42 Å². The van der Waals surface area contributed by atoms with Gasteiger partial charge >= 0.3 is 0 Å². The van der Waals surface area contributed by atoms with Crippen molar-refractivity contribution >= 4 is 21.4 Å². The molecule has 2 N–H and O–H groups in total. The lowest BCUT2D eigenvalue weighted by Gasteiger charge is -2.16. The Balaban J connectivity index is 2.82. The van der Waals surface area contributed by atoms with Crippen LogP contribution in [0.4, 0.5) is 0 Å². The Hall–Kier alpha value is -0.430. The molecule has 0 spiro atoms. The van der Waals surface area contributed by atoms with Crippen LogP contribution >= 0.6 is 11.3 Å². The van der Waals surface area contributed by atoms with Gasteiger partial charge in [-0.25, -0.2) is 13.1 Å². The summed E-state index contributed by atoms with van der Waals surface area (Å²) in [5.74, 6) is 0.279. The first-order chi connectivity index (χ1) is 7.86. The third kappa shape index (κ3) is 4.06. The van der Waals surface area contributed by atoms with Crippen LogP contribution in [0, 0.1) is 5.92 Å².